The maximum Gasteiger partial charge on any atom is 0.247 e. The smallest absolute Gasteiger partial charge is 0.247 e. The van der Waals surface area contributed by atoms with Gasteiger partial charge in [0.15, 0.2) is 0 Å². The van der Waals surface area contributed by atoms with Crippen LogP contribution in [0.3, 0.4) is 0 Å². The summed E-state index contributed by atoms with van der Waals surface area (Å²) in [6, 6.07) is 13.8. The van der Waals surface area contributed by atoms with Gasteiger partial charge in [0.1, 0.15) is 11.9 Å². The van der Waals surface area contributed by atoms with Gasteiger partial charge < -0.3 is 14.2 Å². The molecule has 0 radical (unpaired) electrons. The van der Waals surface area contributed by atoms with Crippen molar-refractivity contribution in [2.75, 3.05) is 37.0 Å². The number of aromatic nitrogens is 3. The van der Waals surface area contributed by atoms with E-state index in [2.05, 4.69) is 26.2 Å². The van der Waals surface area contributed by atoms with Gasteiger partial charge in [-0.3, -0.25) is 0 Å². The fraction of sp³-hybridized carbons (Fsp3) is 0.300. The minimum atomic E-state index is 0.185. The summed E-state index contributed by atoms with van der Waals surface area (Å²) in [6.45, 7) is 1.65. The largest absolute Gasteiger partial charge is 0.420 e. The van der Waals surface area contributed by atoms with Gasteiger partial charge in [0.25, 0.3) is 0 Å². The second kappa shape index (κ2) is 7.08. The quantitative estimate of drug-likeness (QED) is 0.707. The molecule has 136 valence electrons. The molecular formula is C20H20N6O. The van der Waals surface area contributed by atoms with Gasteiger partial charge in [-0.2, -0.15) is 5.26 Å². The van der Waals surface area contributed by atoms with E-state index in [0.717, 1.165) is 36.6 Å². The third-order valence-corrected chi connectivity index (χ3v) is 4.81. The number of pyridine rings is 1. The summed E-state index contributed by atoms with van der Waals surface area (Å²) in [5.74, 6) is 2.27. The lowest BCUT2D eigenvalue weighted by Gasteiger charge is -2.16. The van der Waals surface area contributed by atoms with E-state index >= 15 is 0 Å². The Morgan fingerprint density at radius 2 is 1.96 bits per heavy atom. The van der Waals surface area contributed by atoms with Gasteiger partial charge in [-0.15, -0.1) is 10.2 Å². The van der Waals surface area contributed by atoms with Crippen molar-refractivity contribution in [2.24, 2.45) is 0 Å². The van der Waals surface area contributed by atoms with Crippen LogP contribution in [0.4, 0.5) is 11.5 Å². The molecule has 7 nitrogen and oxygen atoms in total. The molecule has 0 bridgehead atoms. The molecule has 2 aromatic heterocycles. The topological polar surface area (TPSA) is 82.1 Å². The van der Waals surface area contributed by atoms with Crippen molar-refractivity contribution < 1.29 is 4.42 Å². The molecule has 0 unspecified atom stereocenters. The Kier molecular flexibility index (Phi) is 4.47. The maximum absolute atomic E-state index is 8.89. The number of nitriles is 1. The zero-order valence-electron chi connectivity index (χ0n) is 15.3. The zero-order chi connectivity index (χ0) is 18.8. The summed E-state index contributed by atoms with van der Waals surface area (Å²) in [7, 11) is 4.02. The highest BCUT2D eigenvalue weighted by Gasteiger charge is 2.29. The Balaban J connectivity index is 1.46. The molecular weight excluding hydrogens is 340 g/mol. The molecule has 0 amide bonds. The molecule has 1 saturated heterocycles. The normalized spacial score (nSPS) is 16.3. The van der Waals surface area contributed by atoms with Crippen LogP contribution < -0.4 is 9.80 Å². The third-order valence-electron chi connectivity index (χ3n) is 4.81. The third kappa shape index (κ3) is 3.47. The highest BCUT2D eigenvalue weighted by molar-refractivity contribution is 5.58. The number of hydrogen-bond acceptors (Lipinski definition) is 7. The molecule has 7 heteroatoms. The van der Waals surface area contributed by atoms with Crippen molar-refractivity contribution in [3.8, 4) is 17.5 Å². The monoisotopic (exact) mass is 360 g/mol. The summed E-state index contributed by atoms with van der Waals surface area (Å²) in [5, 5.41) is 17.4. The lowest BCUT2D eigenvalue weighted by molar-refractivity contribution is 0.468. The van der Waals surface area contributed by atoms with Crippen LogP contribution in [-0.2, 0) is 0 Å². The highest BCUT2D eigenvalue weighted by atomic mass is 16.4. The summed E-state index contributed by atoms with van der Waals surface area (Å²) in [5.41, 5.74) is 2.61. The molecule has 1 aromatic carbocycles. The second-order valence-electron chi connectivity index (χ2n) is 6.84. The minimum Gasteiger partial charge on any atom is -0.420 e. The van der Waals surface area contributed by atoms with Crippen molar-refractivity contribution in [2.45, 2.75) is 12.3 Å². The fourth-order valence-corrected chi connectivity index (χ4v) is 3.23. The van der Waals surface area contributed by atoms with Crippen molar-refractivity contribution in [3.63, 3.8) is 0 Å². The predicted octanol–water partition coefficient (Wildman–Crippen LogP) is 3.06. The van der Waals surface area contributed by atoms with Crippen LogP contribution in [0.5, 0.6) is 0 Å². The van der Waals surface area contributed by atoms with Crippen molar-refractivity contribution >= 4 is 11.5 Å². The Hall–Kier alpha value is -3.40. The van der Waals surface area contributed by atoms with Gasteiger partial charge in [0.2, 0.25) is 11.8 Å². The Morgan fingerprint density at radius 1 is 1.15 bits per heavy atom. The summed E-state index contributed by atoms with van der Waals surface area (Å²) in [6.07, 6.45) is 2.54. The predicted molar refractivity (Wildman–Crippen MR) is 103 cm³/mol. The fourth-order valence-electron chi connectivity index (χ4n) is 3.23. The van der Waals surface area contributed by atoms with E-state index in [9.17, 15) is 0 Å². The lowest BCUT2D eigenvalue weighted by Crippen LogP contribution is -2.20. The molecule has 3 heterocycles. The Labute approximate surface area is 157 Å². The average molecular weight is 360 g/mol. The van der Waals surface area contributed by atoms with Crippen LogP contribution >= 0.6 is 0 Å². The standard InChI is InChI=1S/C20H20N6O/c1-25(2)17-6-4-15(5-7-17)19-23-24-20(27-19)16-9-10-26(13-16)18-8-3-14(11-21)12-22-18/h3-8,12,16H,9-10,13H2,1-2H3/t16-/m0/s1. The number of anilines is 2. The Bertz CT molecular complexity index is 955. The molecule has 27 heavy (non-hydrogen) atoms. The van der Waals surface area contributed by atoms with Crippen molar-refractivity contribution in [3.05, 3.63) is 54.0 Å². The number of nitrogens with zero attached hydrogens (tertiary/aromatic N) is 6. The lowest BCUT2D eigenvalue weighted by atomic mass is 10.1. The maximum atomic E-state index is 8.89. The van der Waals surface area contributed by atoms with Crippen molar-refractivity contribution in [1.82, 2.24) is 15.2 Å². The van der Waals surface area contributed by atoms with Crippen molar-refractivity contribution in [1.29, 1.82) is 5.26 Å². The van der Waals surface area contributed by atoms with Crippen LogP contribution in [0.1, 0.15) is 23.8 Å². The summed E-state index contributed by atoms with van der Waals surface area (Å²) in [4.78, 5) is 8.60. The first-order chi connectivity index (χ1) is 13.1. The molecule has 1 atom stereocenters. The molecule has 4 rings (SSSR count). The van der Waals surface area contributed by atoms with Gasteiger partial charge in [0.05, 0.1) is 11.5 Å². The first-order valence-corrected chi connectivity index (χ1v) is 8.86. The number of hydrogen-bond donors (Lipinski definition) is 0. The summed E-state index contributed by atoms with van der Waals surface area (Å²) < 4.78 is 5.95. The average Bonchev–Trinajstić information content (AvgIpc) is 3.38. The molecule has 1 aliphatic rings. The van der Waals surface area contributed by atoms with E-state index in [-0.39, 0.29) is 5.92 Å². The van der Waals surface area contributed by atoms with E-state index in [0.29, 0.717) is 17.3 Å². The van der Waals surface area contributed by atoms with Gasteiger partial charge in [-0.25, -0.2) is 4.98 Å². The van der Waals surface area contributed by atoms with E-state index in [1.807, 2.05) is 49.3 Å². The first kappa shape index (κ1) is 17.0. The highest BCUT2D eigenvalue weighted by Crippen LogP contribution is 2.31. The van der Waals surface area contributed by atoms with Crippen LogP contribution in [0.25, 0.3) is 11.5 Å². The molecule has 0 aliphatic carbocycles. The molecule has 0 spiro atoms. The van der Waals surface area contributed by atoms with Gasteiger partial charge in [-0.05, 0) is 42.8 Å². The summed E-state index contributed by atoms with van der Waals surface area (Å²) >= 11 is 0. The molecule has 3 aromatic rings. The van der Waals surface area contributed by atoms with E-state index < -0.39 is 0 Å². The van der Waals surface area contributed by atoms with E-state index in [1.165, 1.54) is 0 Å². The first-order valence-electron chi connectivity index (χ1n) is 8.86. The minimum absolute atomic E-state index is 0.185. The van der Waals surface area contributed by atoms with E-state index in [1.54, 1.807) is 12.3 Å². The Morgan fingerprint density at radius 3 is 2.63 bits per heavy atom. The van der Waals surface area contributed by atoms with Crippen LogP contribution in [0.2, 0.25) is 0 Å². The van der Waals surface area contributed by atoms with Gasteiger partial charge in [0, 0.05) is 44.6 Å². The van der Waals surface area contributed by atoms with Crippen LogP contribution in [-0.4, -0.2) is 42.4 Å². The van der Waals surface area contributed by atoms with Gasteiger partial charge in [-0.1, -0.05) is 0 Å². The number of benzene rings is 1. The van der Waals surface area contributed by atoms with Gasteiger partial charge >= 0.3 is 0 Å². The molecule has 0 saturated carbocycles. The molecule has 1 aliphatic heterocycles. The van der Waals surface area contributed by atoms with Crippen LogP contribution in [0.15, 0.2) is 47.0 Å². The molecule has 1 fully saturated rings. The van der Waals surface area contributed by atoms with Crippen LogP contribution in [0, 0.1) is 11.3 Å². The SMILES string of the molecule is CN(C)c1ccc(-c2nnc([C@H]3CCN(c4ccc(C#N)cn4)C3)o2)cc1. The molecule has 0 N–H and O–H groups in total. The number of rotatable bonds is 4. The second-order valence-corrected chi connectivity index (χ2v) is 6.84. The zero-order valence-corrected chi connectivity index (χ0v) is 15.3. The van der Waals surface area contributed by atoms with E-state index in [4.69, 9.17) is 9.68 Å².